The second-order valence-corrected chi connectivity index (χ2v) is 4.62. The van der Waals surface area contributed by atoms with Gasteiger partial charge >= 0.3 is 0 Å². The monoisotopic (exact) mass is 257 g/mol. The molecule has 4 nitrogen and oxygen atoms in total. The van der Waals surface area contributed by atoms with Gasteiger partial charge in [-0.25, -0.2) is 4.98 Å². The van der Waals surface area contributed by atoms with E-state index < -0.39 is 0 Å². The number of nitrogen functional groups attached to an aromatic ring is 1. The van der Waals surface area contributed by atoms with Gasteiger partial charge in [0, 0.05) is 5.69 Å². The summed E-state index contributed by atoms with van der Waals surface area (Å²) in [6.45, 7) is 6.07. The average Bonchev–Trinajstić information content (AvgIpc) is 2.40. The Balaban J connectivity index is 2.33. The molecule has 1 heterocycles. The highest BCUT2D eigenvalue weighted by molar-refractivity contribution is 5.65. The van der Waals surface area contributed by atoms with Gasteiger partial charge in [0.2, 0.25) is 0 Å². The molecule has 1 aromatic heterocycles. The van der Waals surface area contributed by atoms with Crippen LogP contribution in [0.5, 0.6) is 5.75 Å². The Kier molecular flexibility index (Phi) is 3.60. The summed E-state index contributed by atoms with van der Waals surface area (Å²) in [7, 11) is 1.68. The average molecular weight is 257 g/mol. The molecule has 0 bridgehead atoms. The number of methoxy groups -OCH3 is 1. The van der Waals surface area contributed by atoms with E-state index in [1.165, 1.54) is 0 Å². The van der Waals surface area contributed by atoms with Crippen LogP contribution in [-0.4, -0.2) is 12.1 Å². The Morgan fingerprint density at radius 3 is 2.53 bits per heavy atom. The van der Waals surface area contributed by atoms with Gasteiger partial charge in [-0.2, -0.15) is 0 Å². The van der Waals surface area contributed by atoms with E-state index in [1.54, 1.807) is 13.3 Å². The second kappa shape index (κ2) is 5.18. The zero-order chi connectivity index (χ0) is 14.0. The molecular weight excluding hydrogens is 238 g/mol. The first-order valence-corrected chi connectivity index (χ1v) is 6.16. The minimum absolute atomic E-state index is 0.702. The lowest BCUT2D eigenvalue weighted by Crippen LogP contribution is -2.00. The molecule has 2 rings (SSSR count). The second-order valence-electron chi connectivity index (χ2n) is 4.62. The minimum Gasteiger partial charge on any atom is -0.496 e. The highest BCUT2D eigenvalue weighted by Gasteiger charge is 2.07. The largest absolute Gasteiger partial charge is 0.496 e. The predicted molar refractivity (Wildman–Crippen MR) is 79.1 cm³/mol. The van der Waals surface area contributed by atoms with Gasteiger partial charge in [0.1, 0.15) is 11.6 Å². The number of aromatic nitrogens is 1. The summed E-state index contributed by atoms with van der Waals surface area (Å²) in [6, 6.07) is 5.89. The Bertz CT molecular complexity index is 609. The first kappa shape index (κ1) is 13.2. The third-order valence-corrected chi connectivity index (χ3v) is 3.37. The molecular formula is C15H19N3O. The van der Waals surface area contributed by atoms with E-state index in [-0.39, 0.29) is 0 Å². The van der Waals surface area contributed by atoms with Crippen molar-refractivity contribution in [3.05, 3.63) is 41.1 Å². The molecule has 3 N–H and O–H groups in total. The molecule has 0 saturated carbocycles. The van der Waals surface area contributed by atoms with Crippen molar-refractivity contribution in [2.24, 2.45) is 0 Å². The van der Waals surface area contributed by atoms with Crippen LogP contribution in [0.3, 0.4) is 0 Å². The Labute approximate surface area is 113 Å². The van der Waals surface area contributed by atoms with E-state index in [0.717, 1.165) is 33.9 Å². The lowest BCUT2D eigenvalue weighted by molar-refractivity contribution is 0.411. The topological polar surface area (TPSA) is 60.2 Å². The van der Waals surface area contributed by atoms with Crippen LogP contribution in [0.2, 0.25) is 0 Å². The number of nitrogens with one attached hydrogen (secondary N) is 1. The molecule has 1 aromatic carbocycles. The summed E-state index contributed by atoms with van der Waals surface area (Å²) in [6.07, 6.45) is 1.67. The number of nitrogens with zero attached hydrogens (tertiary/aromatic N) is 1. The molecule has 100 valence electrons. The van der Waals surface area contributed by atoms with Crippen LogP contribution in [0.15, 0.2) is 24.4 Å². The Morgan fingerprint density at radius 2 is 1.89 bits per heavy atom. The number of hydrogen-bond acceptors (Lipinski definition) is 4. The number of anilines is 3. The summed E-state index contributed by atoms with van der Waals surface area (Å²) < 4.78 is 5.31. The quantitative estimate of drug-likeness (QED) is 0.885. The fourth-order valence-electron chi connectivity index (χ4n) is 1.93. The van der Waals surface area contributed by atoms with Gasteiger partial charge in [0.05, 0.1) is 19.0 Å². The zero-order valence-electron chi connectivity index (χ0n) is 11.7. The van der Waals surface area contributed by atoms with Crippen LogP contribution in [0.25, 0.3) is 0 Å². The van der Waals surface area contributed by atoms with Crippen LogP contribution in [0, 0.1) is 20.8 Å². The molecule has 0 fully saturated rings. The van der Waals surface area contributed by atoms with Gasteiger partial charge in [-0.1, -0.05) is 0 Å². The van der Waals surface area contributed by atoms with Crippen molar-refractivity contribution in [2.45, 2.75) is 20.8 Å². The molecule has 0 aliphatic rings. The van der Waals surface area contributed by atoms with Crippen molar-refractivity contribution in [3.8, 4) is 5.75 Å². The molecule has 0 unspecified atom stereocenters. The lowest BCUT2D eigenvalue weighted by Gasteiger charge is -2.14. The third kappa shape index (κ3) is 2.62. The Hall–Kier alpha value is -2.23. The van der Waals surface area contributed by atoms with E-state index in [2.05, 4.69) is 17.2 Å². The normalized spacial score (nSPS) is 10.3. The van der Waals surface area contributed by atoms with Crippen LogP contribution in [0.1, 0.15) is 16.7 Å². The van der Waals surface area contributed by atoms with E-state index in [0.29, 0.717) is 5.69 Å². The highest BCUT2D eigenvalue weighted by atomic mass is 16.5. The van der Waals surface area contributed by atoms with E-state index in [4.69, 9.17) is 10.5 Å². The number of benzene rings is 1. The molecule has 0 radical (unpaired) electrons. The maximum absolute atomic E-state index is 5.77. The molecule has 2 aromatic rings. The SMILES string of the molecule is COc1ccc(Nc2cc(C)c(N)cn2)c(C)c1C. The molecule has 0 aliphatic heterocycles. The first-order chi connectivity index (χ1) is 9.02. The number of pyridine rings is 1. The van der Waals surface area contributed by atoms with Crippen LogP contribution in [-0.2, 0) is 0 Å². The first-order valence-electron chi connectivity index (χ1n) is 6.16. The van der Waals surface area contributed by atoms with Crippen molar-refractivity contribution in [3.63, 3.8) is 0 Å². The number of nitrogens with two attached hydrogens (primary N) is 1. The zero-order valence-corrected chi connectivity index (χ0v) is 11.7. The van der Waals surface area contributed by atoms with E-state index >= 15 is 0 Å². The Morgan fingerprint density at radius 1 is 1.16 bits per heavy atom. The molecule has 4 heteroatoms. The summed E-state index contributed by atoms with van der Waals surface area (Å²) >= 11 is 0. The number of rotatable bonds is 3. The van der Waals surface area contributed by atoms with Crippen molar-refractivity contribution in [1.29, 1.82) is 0 Å². The minimum atomic E-state index is 0.702. The maximum atomic E-state index is 5.77. The van der Waals surface area contributed by atoms with Crippen LogP contribution < -0.4 is 15.8 Å². The standard InChI is InChI=1S/C15H19N3O/c1-9-7-15(17-8-12(9)16)18-13-5-6-14(19-4)11(3)10(13)2/h5-8H,16H2,1-4H3,(H,17,18). The van der Waals surface area contributed by atoms with Crippen LogP contribution in [0.4, 0.5) is 17.2 Å². The lowest BCUT2D eigenvalue weighted by atomic mass is 10.1. The van der Waals surface area contributed by atoms with Gasteiger partial charge in [-0.3, -0.25) is 0 Å². The smallest absolute Gasteiger partial charge is 0.130 e. The number of aryl methyl sites for hydroxylation is 1. The summed E-state index contributed by atoms with van der Waals surface area (Å²) in [4.78, 5) is 4.28. The highest BCUT2D eigenvalue weighted by Crippen LogP contribution is 2.29. The van der Waals surface area contributed by atoms with Gasteiger partial charge in [-0.15, -0.1) is 0 Å². The van der Waals surface area contributed by atoms with Crippen molar-refractivity contribution < 1.29 is 4.74 Å². The molecule has 0 aliphatic carbocycles. The molecule has 0 amide bonds. The number of ether oxygens (including phenoxy) is 1. The van der Waals surface area contributed by atoms with Crippen molar-refractivity contribution >= 4 is 17.2 Å². The molecule has 0 spiro atoms. The van der Waals surface area contributed by atoms with E-state index in [1.807, 2.05) is 32.0 Å². The summed E-state index contributed by atoms with van der Waals surface area (Å²) in [5.41, 5.74) is 10.8. The third-order valence-electron chi connectivity index (χ3n) is 3.37. The van der Waals surface area contributed by atoms with E-state index in [9.17, 15) is 0 Å². The van der Waals surface area contributed by atoms with Crippen LogP contribution >= 0.6 is 0 Å². The number of hydrogen-bond donors (Lipinski definition) is 2. The molecule has 19 heavy (non-hydrogen) atoms. The van der Waals surface area contributed by atoms with Gasteiger partial charge in [0.15, 0.2) is 0 Å². The van der Waals surface area contributed by atoms with Gasteiger partial charge in [-0.05, 0) is 55.7 Å². The fraction of sp³-hybridized carbons (Fsp3) is 0.267. The fourth-order valence-corrected chi connectivity index (χ4v) is 1.93. The maximum Gasteiger partial charge on any atom is 0.130 e. The van der Waals surface area contributed by atoms with Crippen molar-refractivity contribution in [2.75, 3.05) is 18.2 Å². The summed E-state index contributed by atoms with van der Waals surface area (Å²) in [5.74, 6) is 1.68. The molecule has 0 saturated heterocycles. The predicted octanol–water partition coefficient (Wildman–Crippen LogP) is 3.34. The van der Waals surface area contributed by atoms with Crippen molar-refractivity contribution in [1.82, 2.24) is 4.98 Å². The van der Waals surface area contributed by atoms with Gasteiger partial charge in [0.25, 0.3) is 0 Å². The molecule has 0 atom stereocenters. The van der Waals surface area contributed by atoms with Gasteiger partial charge < -0.3 is 15.8 Å². The summed E-state index contributed by atoms with van der Waals surface area (Å²) in [5, 5.41) is 3.31.